The molecule has 0 aromatic carbocycles. The van der Waals surface area contributed by atoms with Gasteiger partial charge in [-0.25, -0.2) is 4.79 Å². The number of carbonyl (C=O) groups excluding carboxylic acids is 3. The van der Waals surface area contributed by atoms with Gasteiger partial charge in [0, 0.05) is 32.6 Å². The molecule has 0 rings (SSSR count). The molecule has 0 saturated carbocycles. The van der Waals surface area contributed by atoms with E-state index in [-0.39, 0.29) is 38.8 Å². The van der Waals surface area contributed by atoms with Gasteiger partial charge in [0.2, 0.25) is 0 Å². The van der Waals surface area contributed by atoms with Gasteiger partial charge in [0.15, 0.2) is 6.29 Å². The first kappa shape index (κ1) is 55.6. The van der Waals surface area contributed by atoms with Crippen LogP contribution in [0.5, 0.6) is 0 Å². The number of hydrogen-bond donors (Lipinski definition) is 0. The number of rotatable bonds is 43. The second-order valence-corrected chi connectivity index (χ2v) is 15.5. The Kier molecular flexibility index (Phi) is 42.3. The van der Waals surface area contributed by atoms with Crippen LogP contribution in [0.2, 0.25) is 0 Å². The summed E-state index contributed by atoms with van der Waals surface area (Å²) in [4.78, 5) is 40.2. The van der Waals surface area contributed by atoms with Crippen LogP contribution in [-0.2, 0) is 38.0 Å². The normalized spacial score (nSPS) is 12.3. The monoisotopic (exact) mass is 824 g/mol. The number of esters is 2. The topological polar surface area (TPSA) is 110 Å². The highest BCUT2D eigenvalue weighted by Gasteiger charge is 2.20. The predicted octanol–water partition coefficient (Wildman–Crippen LogP) is 12.5. The van der Waals surface area contributed by atoms with Gasteiger partial charge in [-0.2, -0.15) is 0 Å². The van der Waals surface area contributed by atoms with E-state index in [0.29, 0.717) is 32.5 Å². The highest BCUT2D eigenvalue weighted by molar-refractivity contribution is 5.69. The number of carbonyl (C=O) groups is 3. The van der Waals surface area contributed by atoms with Gasteiger partial charge in [0.1, 0.15) is 19.8 Å². The molecule has 0 fully saturated rings. The molecule has 0 bridgehead atoms. The number of unbranched alkanes of at least 4 members (excludes halogenated alkanes) is 16. The molecule has 10 heteroatoms. The van der Waals surface area contributed by atoms with Gasteiger partial charge in [-0.1, -0.05) is 142 Å². The Morgan fingerprint density at radius 1 is 0.483 bits per heavy atom. The van der Waals surface area contributed by atoms with E-state index in [1.807, 2.05) is 0 Å². The fourth-order valence-electron chi connectivity index (χ4n) is 6.29. The zero-order chi connectivity index (χ0) is 42.6. The standard InChI is InChI=1S/C48H89NO9/c1-6-11-14-17-20-21-22-23-24-25-26-27-30-34-45(50)56-41-44(43-58-48(52)55-40-33-37-49(9-4)10-5)42-57-46(51)35-36-47(53-38-31-28-18-15-12-7-2)54-39-32-29-19-16-13-8-3/h20-21,23-24,44,47H,6-19,22,25-43H2,1-5H3/b21-20-,24-23-. The van der Waals surface area contributed by atoms with E-state index in [1.165, 1.54) is 70.6 Å². The molecule has 0 saturated heterocycles. The Labute approximate surface area is 355 Å². The van der Waals surface area contributed by atoms with E-state index in [2.05, 4.69) is 63.8 Å². The summed E-state index contributed by atoms with van der Waals surface area (Å²) < 4.78 is 34.0. The van der Waals surface area contributed by atoms with Crippen molar-refractivity contribution in [1.82, 2.24) is 4.90 Å². The van der Waals surface area contributed by atoms with Crippen LogP contribution in [0, 0.1) is 5.92 Å². The highest BCUT2D eigenvalue weighted by Crippen LogP contribution is 2.13. The first-order chi connectivity index (χ1) is 28.4. The van der Waals surface area contributed by atoms with E-state index < -0.39 is 24.3 Å². The van der Waals surface area contributed by atoms with Gasteiger partial charge in [0.05, 0.1) is 18.9 Å². The molecule has 0 aromatic heterocycles. The predicted molar refractivity (Wildman–Crippen MR) is 237 cm³/mol. The van der Waals surface area contributed by atoms with Crippen molar-refractivity contribution >= 4 is 18.1 Å². The van der Waals surface area contributed by atoms with Gasteiger partial charge in [-0.3, -0.25) is 9.59 Å². The van der Waals surface area contributed by atoms with E-state index in [9.17, 15) is 14.4 Å². The first-order valence-electron chi connectivity index (χ1n) is 23.8. The summed E-state index contributed by atoms with van der Waals surface area (Å²) in [6.07, 6.45) is 32.9. The van der Waals surface area contributed by atoms with Crippen LogP contribution >= 0.6 is 0 Å². The quantitative estimate of drug-likeness (QED) is 0.0194. The number of allylic oxidation sites excluding steroid dienone is 4. The van der Waals surface area contributed by atoms with Crippen LogP contribution in [-0.4, -0.2) is 88.6 Å². The molecule has 0 N–H and O–H groups in total. The van der Waals surface area contributed by atoms with Crippen LogP contribution < -0.4 is 0 Å². The molecule has 0 aromatic rings. The van der Waals surface area contributed by atoms with Gasteiger partial charge >= 0.3 is 18.1 Å². The van der Waals surface area contributed by atoms with Crippen molar-refractivity contribution < 1.29 is 42.8 Å². The zero-order valence-corrected chi connectivity index (χ0v) is 38.1. The lowest BCUT2D eigenvalue weighted by Gasteiger charge is -2.20. The lowest BCUT2D eigenvalue weighted by molar-refractivity contribution is -0.161. The average Bonchev–Trinajstić information content (AvgIpc) is 3.23. The van der Waals surface area contributed by atoms with Gasteiger partial charge in [0.25, 0.3) is 0 Å². The summed E-state index contributed by atoms with van der Waals surface area (Å²) in [5, 5.41) is 0. The molecule has 0 amide bonds. The molecule has 1 unspecified atom stereocenters. The minimum absolute atomic E-state index is 0.0264. The third-order valence-corrected chi connectivity index (χ3v) is 10.1. The lowest BCUT2D eigenvalue weighted by atomic mass is 10.1. The maximum absolute atomic E-state index is 12.9. The van der Waals surface area contributed by atoms with Crippen LogP contribution in [0.1, 0.15) is 195 Å². The third-order valence-electron chi connectivity index (χ3n) is 10.1. The van der Waals surface area contributed by atoms with Gasteiger partial charge in [-0.15, -0.1) is 0 Å². The van der Waals surface area contributed by atoms with E-state index >= 15 is 0 Å². The molecule has 0 aliphatic heterocycles. The molecule has 58 heavy (non-hydrogen) atoms. The summed E-state index contributed by atoms with van der Waals surface area (Å²) in [5.74, 6) is -1.23. The van der Waals surface area contributed by atoms with Crippen LogP contribution in [0.4, 0.5) is 4.79 Å². The minimum atomic E-state index is -0.785. The van der Waals surface area contributed by atoms with Crippen molar-refractivity contribution in [3.63, 3.8) is 0 Å². The summed E-state index contributed by atoms with van der Waals surface area (Å²) in [5.41, 5.74) is 0. The molecular formula is C48H89NO9. The SMILES string of the molecule is CCCCC/C=C\C/C=C\CCCCCC(=O)OCC(COC(=O)CCC(OCCCCCCCC)OCCCCCCCC)COC(=O)OCCCN(CC)CC. The number of ether oxygens (including phenoxy) is 6. The summed E-state index contributed by atoms with van der Waals surface area (Å²) >= 11 is 0. The van der Waals surface area contributed by atoms with Crippen molar-refractivity contribution in [2.24, 2.45) is 5.92 Å². The largest absolute Gasteiger partial charge is 0.508 e. The molecule has 0 heterocycles. The molecule has 0 aliphatic carbocycles. The van der Waals surface area contributed by atoms with Gasteiger partial charge < -0.3 is 33.3 Å². The summed E-state index contributed by atoms with van der Waals surface area (Å²) in [6.45, 7) is 14.8. The lowest BCUT2D eigenvalue weighted by Crippen LogP contribution is -2.28. The number of nitrogens with zero attached hydrogens (tertiary/aromatic N) is 1. The number of hydrogen-bond acceptors (Lipinski definition) is 10. The smallest absolute Gasteiger partial charge is 0.465 e. The van der Waals surface area contributed by atoms with Crippen molar-refractivity contribution in [2.45, 2.75) is 201 Å². The van der Waals surface area contributed by atoms with Crippen molar-refractivity contribution in [2.75, 3.05) is 59.3 Å². The molecular weight excluding hydrogens is 735 g/mol. The Bertz CT molecular complexity index is 966. The molecule has 10 nitrogen and oxygen atoms in total. The van der Waals surface area contributed by atoms with Crippen molar-refractivity contribution in [1.29, 1.82) is 0 Å². The molecule has 0 spiro atoms. The average molecular weight is 824 g/mol. The highest BCUT2D eigenvalue weighted by atomic mass is 16.7. The minimum Gasteiger partial charge on any atom is -0.465 e. The Morgan fingerprint density at radius 2 is 0.966 bits per heavy atom. The van der Waals surface area contributed by atoms with Crippen LogP contribution in [0.25, 0.3) is 0 Å². The summed E-state index contributed by atoms with van der Waals surface area (Å²) in [6, 6.07) is 0. The van der Waals surface area contributed by atoms with E-state index in [4.69, 9.17) is 28.4 Å². The zero-order valence-electron chi connectivity index (χ0n) is 38.1. The van der Waals surface area contributed by atoms with Crippen molar-refractivity contribution in [3.8, 4) is 0 Å². The second-order valence-electron chi connectivity index (χ2n) is 15.5. The summed E-state index contributed by atoms with van der Waals surface area (Å²) in [7, 11) is 0. The van der Waals surface area contributed by atoms with E-state index in [0.717, 1.165) is 83.8 Å². The fraction of sp³-hybridized carbons (Fsp3) is 0.854. The fourth-order valence-corrected chi connectivity index (χ4v) is 6.29. The molecule has 340 valence electrons. The Balaban J connectivity index is 4.90. The van der Waals surface area contributed by atoms with E-state index in [1.54, 1.807) is 0 Å². The molecule has 0 radical (unpaired) electrons. The van der Waals surface area contributed by atoms with Crippen LogP contribution in [0.3, 0.4) is 0 Å². The Morgan fingerprint density at radius 3 is 1.53 bits per heavy atom. The maximum Gasteiger partial charge on any atom is 0.508 e. The second kappa shape index (κ2) is 44.1. The van der Waals surface area contributed by atoms with Crippen molar-refractivity contribution in [3.05, 3.63) is 24.3 Å². The van der Waals surface area contributed by atoms with Crippen LogP contribution in [0.15, 0.2) is 24.3 Å². The third kappa shape index (κ3) is 39.1. The molecule has 1 atom stereocenters. The van der Waals surface area contributed by atoms with Gasteiger partial charge in [-0.05, 0) is 70.9 Å². The first-order valence-corrected chi connectivity index (χ1v) is 23.8. The Hall–Kier alpha value is -2.43. The molecule has 0 aliphatic rings. The maximum atomic E-state index is 12.9.